The minimum Gasteiger partial charge on any atom is -0.0642 e. The lowest BCUT2D eigenvalue weighted by Crippen LogP contribution is -2.23. The second-order valence-corrected chi connectivity index (χ2v) is 14.2. The summed E-state index contributed by atoms with van der Waals surface area (Å²) in [4.78, 5) is 0. The molecule has 0 amide bonds. The van der Waals surface area contributed by atoms with Crippen LogP contribution in [0.3, 0.4) is 0 Å². The molecule has 0 heteroatoms. The van der Waals surface area contributed by atoms with Gasteiger partial charge in [-0.1, -0.05) is 137 Å². The molecule has 0 radical (unpaired) electrons. The number of hydrogen-bond donors (Lipinski definition) is 0. The van der Waals surface area contributed by atoms with E-state index in [1.165, 1.54) is 89.0 Å². The molecule has 0 unspecified atom stereocenters. The molecule has 0 fully saturated rings. The van der Waals surface area contributed by atoms with E-state index in [2.05, 4.69) is 163 Å². The van der Waals surface area contributed by atoms with Crippen LogP contribution in [-0.4, -0.2) is 0 Å². The zero-order valence-corrected chi connectivity index (χ0v) is 29.4. The van der Waals surface area contributed by atoms with Crippen molar-refractivity contribution in [3.05, 3.63) is 155 Å². The van der Waals surface area contributed by atoms with E-state index in [9.17, 15) is 0 Å². The maximum Gasteiger partial charge on any atom is 0.0210 e. The van der Waals surface area contributed by atoms with E-state index in [4.69, 9.17) is 0 Å². The first-order valence-electron chi connectivity index (χ1n) is 18.1. The molecule has 48 heavy (non-hydrogen) atoms. The molecule has 0 spiro atoms. The Kier molecular flexibility index (Phi) is 7.33. The number of rotatable bonds is 7. The van der Waals surface area contributed by atoms with Crippen LogP contribution >= 0.6 is 0 Å². The predicted molar refractivity (Wildman–Crippen MR) is 206 cm³/mol. The van der Waals surface area contributed by atoms with Crippen molar-refractivity contribution in [1.82, 2.24) is 0 Å². The highest BCUT2D eigenvalue weighted by molar-refractivity contribution is 5.86. The SMILES string of the molecule is CCC1(CC)c2ccccc2-c2ccc(-c3ccc(-c4ccc(-c5ccc6c(c5)C(CC)(CC)c5ccccc5-6)cc4C)c(C)c3)cc21. The Bertz CT molecular complexity index is 2040. The second-order valence-electron chi connectivity index (χ2n) is 14.2. The fourth-order valence-corrected chi connectivity index (χ4v) is 9.58. The average Bonchev–Trinajstić information content (AvgIpc) is 3.58. The molecule has 0 aliphatic heterocycles. The summed E-state index contributed by atoms with van der Waals surface area (Å²) in [6, 6.07) is 46.5. The summed E-state index contributed by atoms with van der Waals surface area (Å²) in [6.45, 7) is 13.9. The molecule has 0 saturated carbocycles. The first-order valence-corrected chi connectivity index (χ1v) is 18.1. The van der Waals surface area contributed by atoms with Crippen LogP contribution in [0.2, 0.25) is 0 Å². The standard InChI is InChI=1S/C48H46/c1-7-47(8-2)43-17-13-11-15-39(43)41-25-21-35(29-45(41)47)33-19-23-37(31(5)27-33)38-24-20-34(28-32(38)6)36-22-26-42-40-16-12-14-18-44(40)48(9-3,10-4)46(42)30-36/h11-30H,7-10H2,1-6H3. The third-order valence-electron chi connectivity index (χ3n) is 12.4. The highest BCUT2D eigenvalue weighted by Crippen LogP contribution is 2.54. The molecule has 0 nitrogen and oxygen atoms in total. The molecule has 0 heterocycles. The van der Waals surface area contributed by atoms with Crippen molar-refractivity contribution >= 4 is 0 Å². The molecule has 2 aliphatic carbocycles. The second kappa shape index (κ2) is 11.5. The van der Waals surface area contributed by atoms with E-state index >= 15 is 0 Å². The van der Waals surface area contributed by atoms with Crippen molar-refractivity contribution in [3.63, 3.8) is 0 Å². The maximum absolute atomic E-state index is 2.48. The van der Waals surface area contributed by atoms with Gasteiger partial charge in [-0.05, 0) is 141 Å². The van der Waals surface area contributed by atoms with Gasteiger partial charge in [-0.3, -0.25) is 0 Å². The fourth-order valence-electron chi connectivity index (χ4n) is 9.58. The number of aryl methyl sites for hydroxylation is 2. The Hall–Kier alpha value is -4.68. The molecule has 238 valence electrons. The molecule has 6 aromatic carbocycles. The minimum absolute atomic E-state index is 0.0904. The molecule has 8 rings (SSSR count). The average molecular weight is 623 g/mol. The largest absolute Gasteiger partial charge is 0.0642 e. The van der Waals surface area contributed by atoms with Gasteiger partial charge in [0.2, 0.25) is 0 Å². The maximum atomic E-state index is 2.48. The molecule has 0 bridgehead atoms. The van der Waals surface area contributed by atoms with Crippen LogP contribution in [-0.2, 0) is 10.8 Å². The quantitative estimate of drug-likeness (QED) is 0.166. The molecular weight excluding hydrogens is 577 g/mol. The fraction of sp³-hybridized carbons (Fsp3) is 0.250. The smallest absolute Gasteiger partial charge is 0.0210 e. The molecule has 0 N–H and O–H groups in total. The summed E-state index contributed by atoms with van der Waals surface area (Å²) < 4.78 is 0. The molecule has 6 aromatic rings. The number of benzene rings is 6. The Balaban J connectivity index is 1.13. The van der Waals surface area contributed by atoms with Crippen LogP contribution in [0.1, 0.15) is 86.8 Å². The normalized spacial score (nSPS) is 14.7. The summed E-state index contributed by atoms with van der Waals surface area (Å²) in [6.07, 6.45) is 4.45. The summed E-state index contributed by atoms with van der Waals surface area (Å²) in [5.41, 5.74) is 22.2. The van der Waals surface area contributed by atoms with Crippen molar-refractivity contribution in [2.75, 3.05) is 0 Å². The zero-order chi connectivity index (χ0) is 33.2. The molecule has 2 aliphatic rings. The van der Waals surface area contributed by atoms with Crippen LogP contribution in [0.25, 0.3) is 55.6 Å². The van der Waals surface area contributed by atoms with Gasteiger partial charge < -0.3 is 0 Å². The van der Waals surface area contributed by atoms with E-state index in [0.29, 0.717) is 0 Å². The zero-order valence-electron chi connectivity index (χ0n) is 29.4. The lowest BCUT2D eigenvalue weighted by atomic mass is 9.73. The highest BCUT2D eigenvalue weighted by atomic mass is 14.4. The van der Waals surface area contributed by atoms with Gasteiger partial charge in [0, 0.05) is 10.8 Å². The van der Waals surface area contributed by atoms with Crippen LogP contribution in [0.5, 0.6) is 0 Å². The van der Waals surface area contributed by atoms with E-state index in [0.717, 1.165) is 25.7 Å². The van der Waals surface area contributed by atoms with Crippen molar-refractivity contribution in [3.8, 4) is 55.6 Å². The highest BCUT2D eigenvalue weighted by Gasteiger charge is 2.41. The van der Waals surface area contributed by atoms with Crippen molar-refractivity contribution in [2.45, 2.75) is 78.1 Å². The number of hydrogen-bond acceptors (Lipinski definition) is 0. The first kappa shape index (κ1) is 30.6. The van der Waals surface area contributed by atoms with Gasteiger partial charge in [0.25, 0.3) is 0 Å². The summed E-state index contributed by atoms with van der Waals surface area (Å²) in [7, 11) is 0. The molecule has 0 atom stereocenters. The molecule has 0 saturated heterocycles. The van der Waals surface area contributed by atoms with Crippen LogP contribution < -0.4 is 0 Å². The van der Waals surface area contributed by atoms with Crippen LogP contribution in [0.15, 0.2) is 121 Å². The monoisotopic (exact) mass is 622 g/mol. The van der Waals surface area contributed by atoms with Gasteiger partial charge in [0.05, 0.1) is 0 Å². The summed E-state index contributed by atoms with van der Waals surface area (Å²) >= 11 is 0. The van der Waals surface area contributed by atoms with Gasteiger partial charge in [-0.2, -0.15) is 0 Å². The van der Waals surface area contributed by atoms with Gasteiger partial charge in [0.15, 0.2) is 0 Å². The van der Waals surface area contributed by atoms with E-state index < -0.39 is 0 Å². The molecule has 0 aromatic heterocycles. The van der Waals surface area contributed by atoms with E-state index in [1.807, 2.05) is 0 Å². The minimum atomic E-state index is 0.0904. The summed E-state index contributed by atoms with van der Waals surface area (Å²) in [5.74, 6) is 0. The Morgan fingerprint density at radius 1 is 0.333 bits per heavy atom. The summed E-state index contributed by atoms with van der Waals surface area (Å²) in [5, 5.41) is 0. The van der Waals surface area contributed by atoms with Crippen LogP contribution in [0.4, 0.5) is 0 Å². The Morgan fingerprint density at radius 2 is 0.646 bits per heavy atom. The Labute approximate surface area is 287 Å². The first-order chi connectivity index (χ1) is 23.4. The molecular formula is C48H46. The predicted octanol–water partition coefficient (Wildman–Crippen LogP) is 13.5. The van der Waals surface area contributed by atoms with Crippen molar-refractivity contribution < 1.29 is 0 Å². The lowest BCUT2D eigenvalue weighted by molar-refractivity contribution is 0.490. The van der Waals surface area contributed by atoms with Gasteiger partial charge >= 0.3 is 0 Å². The van der Waals surface area contributed by atoms with Gasteiger partial charge in [0.1, 0.15) is 0 Å². The van der Waals surface area contributed by atoms with Gasteiger partial charge in [-0.25, -0.2) is 0 Å². The van der Waals surface area contributed by atoms with Crippen molar-refractivity contribution in [2.24, 2.45) is 0 Å². The lowest BCUT2D eigenvalue weighted by Gasteiger charge is -2.30. The van der Waals surface area contributed by atoms with Crippen molar-refractivity contribution in [1.29, 1.82) is 0 Å². The van der Waals surface area contributed by atoms with Gasteiger partial charge in [-0.15, -0.1) is 0 Å². The van der Waals surface area contributed by atoms with E-state index in [-0.39, 0.29) is 10.8 Å². The van der Waals surface area contributed by atoms with Crippen LogP contribution in [0, 0.1) is 13.8 Å². The van der Waals surface area contributed by atoms with E-state index in [1.54, 1.807) is 0 Å². The Morgan fingerprint density at radius 3 is 1.00 bits per heavy atom. The third-order valence-corrected chi connectivity index (χ3v) is 12.4. The number of fused-ring (bicyclic) bond motifs is 6. The topological polar surface area (TPSA) is 0 Å². The third kappa shape index (κ3) is 4.28.